The van der Waals surface area contributed by atoms with E-state index in [-0.39, 0.29) is 23.9 Å². The van der Waals surface area contributed by atoms with Gasteiger partial charge in [0.1, 0.15) is 6.54 Å². The van der Waals surface area contributed by atoms with Crippen LogP contribution < -0.4 is 0 Å². The average molecular weight is 343 g/mol. The number of fused-ring (bicyclic) bond motifs is 2. The van der Waals surface area contributed by atoms with Crippen molar-refractivity contribution in [3.8, 4) is 0 Å². The SMILES string of the molecule is CN1CCN(C(=O)CN(C(=O)O)[C@@H]2C[C@@]23CCc2ccccc23)CC1. The van der Waals surface area contributed by atoms with Crippen molar-refractivity contribution in [2.24, 2.45) is 0 Å². The van der Waals surface area contributed by atoms with Gasteiger partial charge in [0.2, 0.25) is 5.91 Å². The molecule has 6 heteroatoms. The number of piperazine rings is 1. The first-order valence-corrected chi connectivity index (χ1v) is 9.05. The molecule has 0 unspecified atom stereocenters. The Morgan fingerprint density at radius 1 is 1.24 bits per heavy atom. The maximum absolute atomic E-state index is 12.6. The molecule has 2 aliphatic carbocycles. The van der Waals surface area contributed by atoms with E-state index < -0.39 is 6.09 Å². The lowest BCUT2D eigenvalue weighted by atomic mass is 9.97. The molecule has 1 saturated carbocycles. The summed E-state index contributed by atoms with van der Waals surface area (Å²) in [5, 5.41) is 9.71. The maximum Gasteiger partial charge on any atom is 0.408 e. The van der Waals surface area contributed by atoms with Crippen LogP contribution in [0.1, 0.15) is 24.0 Å². The number of carbonyl (C=O) groups excluding carboxylic acids is 1. The highest BCUT2D eigenvalue weighted by Crippen LogP contribution is 2.59. The molecule has 1 aliphatic heterocycles. The Labute approximate surface area is 148 Å². The number of benzene rings is 1. The smallest absolute Gasteiger partial charge is 0.408 e. The summed E-state index contributed by atoms with van der Waals surface area (Å²) >= 11 is 0. The van der Waals surface area contributed by atoms with Gasteiger partial charge in [0.05, 0.1) is 0 Å². The van der Waals surface area contributed by atoms with E-state index in [2.05, 4.69) is 17.0 Å². The van der Waals surface area contributed by atoms with Crippen LogP contribution in [0.5, 0.6) is 0 Å². The molecular formula is C19H25N3O3. The van der Waals surface area contributed by atoms with Crippen molar-refractivity contribution < 1.29 is 14.7 Å². The van der Waals surface area contributed by atoms with E-state index in [9.17, 15) is 14.7 Å². The van der Waals surface area contributed by atoms with Crippen LogP contribution in [-0.2, 0) is 16.6 Å². The summed E-state index contributed by atoms with van der Waals surface area (Å²) in [6.45, 7) is 3.04. The molecule has 1 saturated heterocycles. The zero-order valence-electron chi connectivity index (χ0n) is 14.6. The minimum absolute atomic E-state index is 0.0202. The lowest BCUT2D eigenvalue weighted by molar-refractivity contribution is -0.133. The van der Waals surface area contributed by atoms with Crippen molar-refractivity contribution in [2.45, 2.75) is 30.7 Å². The molecule has 1 aromatic carbocycles. The third-order valence-corrected chi connectivity index (χ3v) is 6.21. The third-order valence-electron chi connectivity index (χ3n) is 6.21. The highest BCUT2D eigenvalue weighted by molar-refractivity contribution is 5.82. The van der Waals surface area contributed by atoms with Crippen molar-refractivity contribution in [3.63, 3.8) is 0 Å². The van der Waals surface area contributed by atoms with Crippen LogP contribution in [0.15, 0.2) is 24.3 Å². The Bertz CT molecular complexity index is 699. The monoisotopic (exact) mass is 343 g/mol. The average Bonchev–Trinajstić information content (AvgIpc) is 3.21. The number of amides is 2. The molecule has 1 aromatic rings. The van der Waals surface area contributed by atoms with Gasteiger partial charge in [-0.05, 0) is 37.4 Å². The second kappa shape index (κ2) is 6.02. The topological polar surface area (TPSA) is 64.1 Å². The first-order chi connectivity index (χ1) is 12.0. The van der Waals surface area contributed by atoms with Gasteiger partial charge in [-0.25, -0.2) is 4.79 Å². The number of aryl methyl sites for hydroxylation is 1. The second-order valence-corrected chi connectivity index (χ2v) is 7.63. The number of nitrogens with zero attached hydrogens (tertiary/aromatic N) is 3. The Kier molecular flexibility index (Phi) is 3.95. The fourth-order valence-electron chi connectivity index (χ4n) is 4.58. The predicted octanol–water partition coefficient (Wildman–Crippen LogP) is 1.40. The van der Waals surface area contributed by atoms with Gasteiger partial charge in [0.25, 0.3) is 0 Å². The summed E-state index contributed by atoms with van der Waals surface area (Å²) in [6.07, 6.45) is 1.86. The maximum atomic E-state index is 12.6. The van der Waals surface area contributed by atoms with Crippen LogP contribution in [0.2, 0.25) is 0 Å². The fraction of sp³-hybridized carbons (Fsp3) is 0.579. The van der Waals surface area contributed by atoms with Crippen LogP contribution in [-0.4, -0.2) is 77.6 Å². The van der Waals surface area contributed by atoms with Gasteiger partial charge in [-0.3, -0.25) is 9.69 Å². The molecule has 4 rings (SSSR count). The van der Waals surface area contributed by atoms with Gasteiger partial charge in [-0.1, -0.05) is 24.3 Å². The molecule has 3 aliphatic rings. The van der Waals surface area contributed by atoms with E-state index in [1.54, 1.807) is 4.90 Å². The Morgan fingerprint density at radius 2 is 1.96 bits per heavy atom. The normalized spacial score (nSPS) is 28.0. The molecule has 2 amide bonds. The van der Waals surface area contributed by atoms with Crippen molar-refractivity contribution in [2.75, 3.05) is 39.8 Å². The van der Waals surface area contributed by atoms with Crippen molar-refractivity contribution in [1.29, 1.82) is 0 Å². The van der Waals surface area contributed by atoms with Crippen LogP contribution in [0.25, 0.3) is 0 Å². The first kappa shape index (κ1) is 16.4. The zero-order chi connectivity index (χ0) is 17.6. The molecule has 2 atom stereocenters. The number of carbonyl (C=O) groups is 2. The van der Waals surface area contributed by atoms with E-state index >= 15 is 0 Å². The number of hydrogen-bond acceptors (Lipinski definition) is 3. The van der Waals surface area contributed by atoms with E-state index in [1.165, 1.54) is 16.0 Å². The van der Waals surface area contributed by atoms with E-state index in [4.69, 9.17) is 0 Å². The summed E-state index contributed by atoms with van der Waals surface area (Å²) in [5.41, 5.74) is 2.57. The molecule has 2 fully saturated rings. The van der Waals surface area contributed by atoms with Crippen LogP contribution in [0, 0.1) is 0 Å². The summed E-state index contributed by atoms with van der Waals surface area (Å²) in [6, 6.07) is 8.28. The molecule has 1 spiro atoms. The zero-order valence-corrected chi connectivity index (χ0v) is 14.6. The van der Waals surface area contributed by atoms with E-state index in [0.29, 0.717) is 13.1 Å². The van der Waals surface area contributed by atoms with Crippen molar-refractivity contribution in [3.05, 3.63) is 35.4 Å². The first-order valence-electron chi connectivity index (χ1n) is 9.05. The van der Waals surface area contributed by atoms with Gasteiger partial charge in [0, 0.05) is 37.6 Å². The summed E-state index contributed by atoms with van der Waals surface area (Å²) < 4.78 is 0. The quantitative estimate of drug-likeness (QED) is 0.901. The van der Waals surface area contributed by atoms with Gasteiger partial charge < -0.3 is 14.9 Å². The summed E-state index contributed by atoms with van der Waals surface area (Å²) in [5.74, 6) is -0.0659. The number of carboxylic acid groups (broad SMARTS) is 1. The summed E-state index contributed by atoms with van der Waals surface area (Å²) in [7, 11) is 2.04. The van der Waals surface area contributed by atoms with Crippen LogP contribution in [0.4, 0.5) is 4.79 Å². The third kappa shape index (κ3) is 2.78. The lowest BCUT2D eigenvalue weighted by Crippen LogP contribution is -2.51. The molecule has 1 heterocycles. The molecule has 0 bridgehead atoms. The van der Waals surface area contributed by atoms with Gasteiger partial charge in [-0.15, -0.1) is 0 Å². The molecule has 0 radical (unpaired) electrons. The molecule has 1 N–H and O–H groups in total. The number of hydrogen-bond donors (Lipinski definition) is 1. The minimum atomic E-state index is -0.978. The Morgan fingerprint density at radius 3 is 2.68 bits per heavy atom. The molecule has 0 aromatic heterocycles. The van der Waals surface area contributed by atoms with Gasteiger partial charge in [0.15, 0.2) is 0 Å². The fourth-order valence-corrected chi connectivity index (χ4v) is 4.58. The molecule has 6 nitrogen and oxygen atoms in total. The molecule has 134 valence electrons. The number of likely N-dealkylation sites (N-methyl/N-ethyl adjacent to an activating group) is 1. The number of rotatable bonds is 3. The van der Waals surface area contributed by atoms with Crippen molar-refractivity contribution in [1.82, 2.24) is 14.7 Å². The summed E-state index contributed by atoms with van der Waals surface area (Å²) in [4.78, 5) is 29.8. The van der Waals surface area contributed by atoms with E-state index in [1.807, 2.05) is 19.2 Å². The minimum Gasteiger partial charge on any atom is -0.465 e. The van der Waals surface area contributed by atoms with Gasteiger partial charge in [-0.2, -0.15) is 0 Å². The molecule has 25 heavy (non-hydrogen) atoms. The Hall–Kier alpha value is -2.08. The highest BCUT2D eigenvalue weighted by atomic mass is 16.4. The van der Waals surface area contributed by atoms with Crippen LogP contribution >= 0.6 is 0 Å². The van der Waals surface area contributed by atoms with Crippen LogP contribution in [0.3, 0.4) is 0 Å². The van der Waals surface area contributed by atoms with Gasteiger partial charge >= 0.3 is 6.09 Å². The highest BCUT2D eigenvalue weighted by Gasteiger charge is 2.61. The standard InChI is InChI=1S/C19H25N3O3/c1-20-8-10-21(11-9-20)17(23)13-22(18(24)25)16-12-19(16)7-6-14-4-2-3-5-15(14)19/h2-5,16H,6-13H2,1H3,(H,24,25)/t16-,19-/m1/s1. The Balaban J connectivity index is 1.47. The van der Waals surface area contributed by atoms with E-state index in [0.717, 1.165) is 32.4 Å². The lowest BCUT2D eigenvalue weighted by Gasteiger charge is -2.34. The van der Waals surface area contributed by atoms with Crippen molar-refractivity contribution >= 4 is 12.0 Å². The largest absolute Gasteiger partial charge is 0.465 e. The molecular weight excluding hydrogens is 318 g/mol. The second-order valence-electron chi connectivity index (χ2n) is 7.63. The predicted molar refractivity (Wildman–Crippen MR) is 93.7 cm³/mol.